The molecule has 3 heterocycles. The van der Waals surface area contributed by atoms with E-state index in [4.69, 9.17) is 4.74 Å². The molecule has 1 N–H and O–H groups in total. The molecule has 0 bridgehead atoms. The maximum absolute atomic E-state index is 14.2. The molecule has 0 saturated carbocycles. The number of ether oxygens (including phenoxy) is 1. The van der Waals surface area contributed by atoms with Crippen LogP contribution in [0.25, 0.3) is 0 Å². The third kappa shape index (κ3) is 7.91. The summed E-state index contributed by atoms with van der Waals surface area (Å²) in [5.74, 6) is 0.135. The van der Waals surface area contributed by atoms with Crippen LogP contribution in [0.15, 0.2) is 54.6 Å². The average Bonchev–Trinajstić information content (AvgIpc) is 3.29. The molecule has 3 aliphatic heterocycles. The van der Waals surface area contributed by atoms with Crippen molar-refractivity contribution in [2.24, 2.45) is 5.92 Å². The molecule has 5 rings (SSSR count). The summed E-state index contributed by atoms with van der Waals surface area (Å²) < 4.78 is 5.34. The molecule has 10 heteroatoms. The Morgan fingerprint density at radius 1 is 0.851 bits per heavy atom. The molecule has 254 valence electrons. The summed E-state index contributed by atoms with van der Waals surface area (Å²) in [7, 11) is 0. The minimum absolute atomic E-state index is 0.00713. The SMILES string of the molecule is CC(C)(C)OC(=O)NCC1CCN(C(=O)CN2CN(c3ccccc3)C3(CCN(C(=O)c4ccc(C(C)(C)C)cc4)CC3)C2=O)CC1. The second kappa shape index (κ2) is 13.6. The van der Waals surface area contributed by atoms with Crippen LogP contribution in [0, 0.1) is 5.92 Å². The van der Waals surface area contributed by atoms with Gasteiger partial charge in [0.15, 0.2) is 0 Å². The Bertz CT molecular complexity index is 1430. The molecule has 0 aliphatic carbocycles. The minimum Gasteiger partial charge on any atom is -0.444 e. The summed E-state index contributed by atoms with van der Waals surface area (Å²) in [5.41, 5.74) is 1.42. The first-order valence-electron chi connectivity index (χ1n) is 16.9. The van der Waals surface area contributed by atoms with Gasteiger partial charge in [0.1, 0.15) is 17.7 Å². The highest BCUT2D eigenvalue weighted by Gasteiger charge is 2.54. The Hall–Kier alpha value is -4.08. The molecule has 10 nitrogen and oxygen atoms in total. The van der Waals surface area contributed by atoms with E-state index < -0.39 is 17.2 Å². The van der Waals surface area contributed by atoms with Gasteiger partial charge in [-0.2, -0.15) is 0 Å². The summed E-state index contributed by atoms with van der Waals surface area (Å²) in [6.45, 7) is 14.9. The number of anilines is 1. The Balaban J connectivity index is 1.20. The van der Waals surface area contributed by atoms with Crippen LogP contribution in [0.3, 0.4) is 0 Å². The number of amides is 4. The lowest BCUT2D eigenvalue weighted by molar-refractivity contribution is -0.141. The van der Waals surface area contributed by atoms with Crippen molar-refractivity contribution >= 4 is 29.5 Å². The van der Waals surface area contributed by atoms with Crippen molar-refractivity contribution in [2.45, 2.75) is 83.8 Å². The number of carbonyl (C=O) groups excluding carboxylic acids is 4. The number of para-hydroxylation sites is 1. The molecule has 0 radical (unpaired) electrons. The highest BCUT2D eigenvalue weighted by molar-refractivity contribution is 5.97. The van der Waals surface area contributed by atoms with Crippen molar-refractivity contribution in [2.75, 3.05) is 50.8 Å². The monoisotopic (exact) mass is 645 g/mol. The van der Waals surface area contributed by atoms with Crippen LogP contribution in [0.1, 0.15) is 83.1 Å². The Morgan fingerprint density at radius 3 is 2.04 bits per heavy atom. The van der Waals surface area contributed by atoms with Gasteiger partial charge in [-0.05, 0) is 87.6 Å². The molecule has 1 spiro atoms. The zero-order valence-electron chi connectivity index (χ0n) is 28.9. The first-order valence-corrected chi connectivity index (χ1v) is 16.9. The number of alkyl carbamates (subject to hydrolysis) is 1. The Labute approximate surface area is 279 Å². The first kappa shape index (κ1) is 34.3. The molecule has 47 heavy (non-hydrogen) atoms. The molecule has 3 aliphatic rings. The number of likely N-dealkylation sites (tertiary alicyclic amines) is 2. The van der Waals surface area contributed by atoms with Gasteiger partial charge in [-0.15, -0.1) is 0 Å². The van der Waals surface area contributed by atoms with E-state index in [1.54, 1.807) is 4.90 Å². The zero-order valence-corrected chi connectivity index (χ0v) is 28.9. The molecule has 4 amide bonds. The normalized spacial score (nSPS) is 18.9. The van der Waals surface area contributed by atoms with Crippen LogP contribution in [-0.4, -0.2) is 95.6 Å². The first-order chi connectivity index (χ1) is 22.2. The predicted molar refractivity (Wildman–Crippen MR) is 182 cm³/mol. The van der Waals surface area contributed by atoms with Gasteiger partial charge in [0.25, 0.3) is 11.8 Å². The van der Waals surface area contributed by atoms with Crippen LogP contribution in [0.2, 0.25) is 0 Å². The molecule has 3 saturated heterocycles. The van der Waals surface area contributed by atoms with Crippen molar-refractivity contribution in [1.82, 2.24) is 20.0 Å². The molecular weight excluding hydrogens is 594 g/mol. The van der Waals surface area contributed by atoms with E-state index in [0.717, 1.165) is 18.5 Å². The molecule has 3 fully saturated rings. The summed E-state index contributed by atoms with van der Waals surface area (Å²) in [6, 6.07) is 17.7. The van der Waals surface area contributed by atoms with E-state index >= 15 is 0 Å². The Kier molecular flexibility index (Phi) is 9.89. The third-order valence-electron chi connectivity index (χ3n) is 9.68. The molecular formula is C37H51N5O5. The fraction of sp³-hybridized carbons (Fsp3) is 0.568. The van der Waals surface area contributed by atoms with Gasteiger partial charge in [0, 0.05) is 44.0 Å². The predicted octanol–water partition coefficient (Wildman–Crippen LogP) is 5.03. The van der Waals surface area contributed by atoms with Crippen LogP contribution < -0.4 is 10.2 Å². The van der Waals surface area contributed by atoms with Gasteiger partial charge >= 0.3 is 6.09 Å². The number of hydrogen-bond acceptors (Lipinski definition) is 6. The van der Waals surface area contributed by atoms with E-state index in [0.29, 0.717) is 57.8 Å². The third-order valence-corrected chi connectivity index (χ3v) is 9.68. The smallest absolute Gasteiger partial charge is 0.407 e. The van der Waals surface area contributed by atoms with E-state index in [9.17, 15) is 19.2 Å². The molecule has 0 atom stereocenters. The molecule has 0 aromatic heterocycles. The second-order valence-electron chi connectivity index (χ2n) is 15.3. The second-order valence-corrected chi connectivity index (χ2v) is 15.3. The highest BCUT2D eigenvalue weighted by atomic mass is 16.6. The van der Waals surface area contributed by atoms with Gasteiger partial charge in [0.05, 0.1) is 6.67 Å². The van der Waals surface area contributed by atoms with Gasteiger partial charge in [-0.3, -0.25) is 14.4 Å². The largest absolute Gasteiger partial charge is 0.444 e. The van der Waals surface area contributed by atoms with Crippen LogP contribution in [-0.2, 0) is 19.7 Å². The van der Waals surface area contributed by atoms with Gasteiger partial charge < -0.3 is 29.7 Å². The van der Waals surface area contributed by atoms with E-state index in [1.807, 2.05) is 85.2 Å². The van der Waals surface area contributed by atoms with Gasteiger partial charge in [-0.1, -0.05) is 51.1 Å². The fourth-order valence-electron chi connectivity index (χ4n) is 6.89. The van der Waals surface area contributed by atoms with Crippen molar-refractivity contribution in [3.8, 4) is 0 Å². The number of nitrogens with zero attached hydrogens (tertiary/aromatic N) is 4. The lowest BCUT2D eigenvalue weighted by Gasteiger charge is -2.43. The number of benzene rings is 2. The summed E-state index contributed by atoms with van der Waals surface area (Å²) in [5, 5.41) is 2.85. The van der Waals surface area contributed by atoms with Crippen LogP contribution in [0.4, 0.5) is 10.5 Å². The molecule has 0 unspecified atom stereocenters. The average molecular weight is 646 g/mol. The standard InChI is InChI=1S/C37H51N5O5/c1-35(2,3)29-14-12-28(13-15-29)32(44)40-22-18-37(19-23-40)33(45)41(26-42(37)30-10-8-7-9-11-30)25-31(43)39-20-16-27(17-21-39)24-38-34(46)47-36(4,5)6/h7-15,27H,16-26H2,1-6H3,(H,38,46). The van der Waals surface area contributed by atoms with Crippen molar-refractivity contribution in [3.05, 3.63) is 65.7 Å². The fourth-order valence-corrected chi connectivity index (χ4v) is 6.89. The van der Waals surface area contributed by atoms with Crippen molar-refractivity contribution in [1.29, 1.82) is 0 Å². The van der Waals surface area contributed by atoms with Crippen molar-refractivity contribution in [3.63, 3.8) is 0 Å². The topological polar surface area (TPSA) is 102 Å². The number of carbonyl (C=O) groups is 4. The summed E-state index contributed by atoms with van der Waals surface area (Å²) in [4.78, 5) is 60.8. The summed E-state index contributed by atoms with van der Waals surface area (Å²) >= 11 is 0. The summed E-state index contributed by atoms with van der Waals surface area (Å²) in [6.07, 6.45) is 2.11. The lowest BCUT2D eigenvalue weighted by atomic mass is 9.84. The number of hydrogen-bond donors (Lipinski definition) is 1. The van der Waals surface area contributed by atoms with E-state index in [2.05, 4.69) is 31.0 Å². The minimum atomic E-state index is -0.811. The van der Waals surface area contributed by atoms with E-state index in [1.165, 1.54) is 5.56 Å². The maximum atomic E-state index is 14.2. The number of piperidine rings is 2. The highest BCUT2D eigenvalue weighted by Crippen LogP contribution is 2.40. The molecule has 2 aromatic carbocycles. The van der Waals surface area contributed by atoms with Gasteiger partial charge in [0.2, 0.25) is 5.91 Å². The lowest BCUT2D eigenvalue weighted by Crippen LogP contribution is -2.57. The number of nitrogens with one attached hydrogen (secondary N) is 1. The zero-order chi connectivity index (χ0) is 34.0. The Morgan fingerprint density at radius 2 is 1.47 bits per heavy atom. The van der Waals surface area contributed by atoms with Gasteiger partial charge in [-0.25, -0.2) is 4.79 Å². The van der Waals surface area contributed by atoms with Crippen LogP contribution >= 0.6 is 0 Å². The quantitative estimate of drug-likeness (QED) is 0.473. The number of rotatable bonds is 6. The molecule has 2 aromatic rings. The van der Waals surface area contributed by atoms with E-state index in [-0.39, 0.29) is 35.6 Å². The van der Waals surface area contributed by atoms with Crippen molar-refractivity contribution < 1.29 is 23.9 Å². The maximum Gasteiger partial charge on any atom is 0.407 e. The van der Waals surface area contributed by atoms with Crippen LogP contribution in [0.5, 0.6) is 0 Å².